The number of benzene rings is 1. The molecular formula is C15H14N2O4. The minimum atomic E-state index is -1.13. The van der Waals surface area contributed by atoms with E-state index in [9.17, 15) is 9.59 Å². The molecule has 0 radical (unpaired) electrons. The molecule has 2 aromatic rings. The van der Waals surface area contributed by atoms with E-state index < -0.39 is 5.97 Å². The van der Waals surface area contributed by atoms with Gasteiger partial charge in [0.2, 0.25) is 5.43 Å². The molecule has 0 bridgehead atoms. The van der Waals surface area contributed by atoms with Crippen LogP contribution in [0.1, 0.15) is 11.4 Å². The number of hydrogen-bond acceptors (Lipinski definition) is 4. The molecule has 0 atom stereocenters. The number of methoxy groups -OCH3 is 1. The highest BCUT2D eigenvalue weighted by molar-refractivity contribution is 5.84. The summed E-state index contributed by atoms with van der Waals surface area (Å²) in [5.74, 6) is -0.472. The Kier molecular flexibility index (Phi) is 4.18. The van der Waals surface area contributed by atoms with Crippen LogP contribution in [0.4, 0.5) is 0 Å². The van der Waals surface area contributed by atoms with Gasteiger partial charge in [-0.1, -0.05) is 6.07 Å². The van der Waals surface area contributed by atoms with Crippen LogP contribution >= 0.6 is 0 Å². The molecule has 21 heavy (non-hydrogen) atoms. The van der Waals surface area contributed by atoms with E-state index in [2.05, 4.69) is 5.10 Å². The Bertz CT molecular complexity index is 763. The Morgan fingerprint density at radius 1 is 1.38 bits per heavy atom. The quantitative estimate of drug-likeness (QED) is 0.864. The van der Waals surface area contributed by atoms with Crippen molar-refractivity contribution < 1.29 is 14.6 Å². The second-order valence-electron chi connectivity index (χ2n) is 4.32. The van der Waals surface area contributed by atoms with Gasteiger partial charge in [0.05, 0.1) is 12.8 Å². The number of aryl methyl sites for hydroxylation is 1. The van der Waals surface area contributed by atoms with Crippen molar-refractivity contribution in [1.82, 2.24) is 9.78 Å². The third-order valence-corrected chi connectivity index (χ3v) is 2.82. The van der Waals surface area contributed by atoms with Gasteiger partial charge in [-0.3, -0.25) is 4.79 Å². The lowest BCUT2D eigenvalue weighted by atomic mass is 10.2. The van der Waals surface area contributed by atoms with E-state index in [0.29, 0.717) is 11.4 Å². The topological polar surface area (TPSA) is 81.4 Å². The summed E-state index contributed by atoms with van der Waals surface area (Å²) in [4.78, 5) is 22.4. The average Bonchev–Trinajstić information content (AvgIpc) is 2.46. The number of aromatic nitrogens is 2. The van der Waals surface area contributed by atoms with Crippen molar-refractivity contribution in [2.75, 3.05) is 7.11 Å². The molecule has 0 aliphatic carbocycles. The molecule has 0 saturated carbocycles. The summed E-state index contributed by atoms with van der Waals surface area (Å²) in [6.45, 7) is 1.75. The van der Waals surface area contributed by atoms with Crippen LogP contribution in [0, 0.1) is 6.92 Å². The van der Waals surface area contributed by atoms with Crippen molar-refractivity contribution in [2.24, 2.45) is 0 Å². The first kappa shape index (κ1) is 14.5. The van der Waals surface area contributed by atoms with Gasteiger partial charge in [-0.2, -0.15) is 5.10 Å². The van der Waals surface area contributed by atoms with Gasteiger partial charge in [-0.05, 0) is 25.1 Å². The van der Waals surface area contributed by atoms with Gasteiger partial charge in [0, 0.05) is 23.9 Å². The monoisotopic (exact) mass is 286 g/mol. The number of hydrogen-bond donors (Lipinski definition) is 1. The largest absolute Gasteiger partial charge is 0.497 e. The summed E-state index contributed by atoms with van der Waals surface area (Å²) < 4.78 is 6.72. The summed E-state index contributed by atoms with van der Waals surface area (Å²) in [5, 5.41) is 12.8. The zero-order valence-corrected chi connectivity index (χ0v) is 11.6. The summed E-state index contributed by atoms with van der Waals surface area (Å²) in [6.07, 6.45) is 2.07. The van der Waals surface area contributed by atoms with Gasteiger partial charge in [-0.15, -0.1) is 0 Å². The summed E-state index contributed by atoms with van der Waals surface area (Å²) in [6, 6.07) is 8.60. The van der Waals surface area contributed by atoms with Crippen LogP contribution in [0.25, 0.3) is 11.8 Å². The average molecular weight is 286 g/mol. The zero-order valence-electron chi connectivity index (χ0n) is 11.6. The molecule has 0 spiro atoms. The first-order valence-electron chi connectivity index (χ1n) is 6.17. The number of carbonyl (C=O) groups is 1. The Balaban J connectivity index is 2.55. The smallest absolute Gasteiger partial charge is 0.328 e. The first-order valence-corrected chi connectivity index (χ1v) is 6.17. The van der Waals surface area contributed by atoms with Crippen LogP contribution in [0.5, 0.6) is 5.75 Å². The number of nitrogens with zero attached hydrogens (tertiary/aromatic N) is 2. The molecule has 6 heteroatoms. The molecule has 2 rings (SSSR count). The van der Waals surface area contributed by atoms with Crippen molar-refractivity contribution in [3.8, 4) is 11.4 Å². The van der Waals surface area contributed by atoms with Gasteiger partial charge in [0.15, 0.2) is 0 Å². The molecule has 0 amide bonds. The molecule has 0 unspecified atom stereocenters. The maximum atomic E-state index is 11.8. The third kappa shape index (κ3) is 3.36. The van der Waals surface area contributed by atoms with Crippen molar-refractivity contribution in [2.45, 2.75) is 6.92 Å². The number of rotatable bonds is 4. The van der Waals surface area contributed by atoms with Crippen LogP contribution in [0.2, 0.25) is 0 Å². The minimum Gasteiger partial charge on any atom is -0.497 e. The maximum Gasteiger partial charge on any atom is 0.328 e. The molecule has 1 N–H and O–H groups in total. The predicted molar refractivity (Wildman–Crippen MR) is 77.8 cm³/mol. The van der Waals surface area contributed by atoms with Gasteiger partial charge in [-0.25, -0.2) is 9.48 Å². The van der Waals surface area contributed by atoms with E-state index >= 15 is 0 Å². The molecule has 108 valence electrons. The summed E-state index contributed by atoms with van der Waals surface area (Å²) in [5.41, 5.74) is 1.09. The fraction of sp³-hybridized carbons (Fsp3) is 0.133. The van der Waals surface area contributed by atoms with Gasteiger partial charge < -0.3 is 9.84 Å². The standard InChI is InChI=1S/C15H14N2O4/c1-10-8-14(18)13(6-7-15(19)20)16-17(10)11-4-3-5-12(9-11)21-2/h3-9H,1-2H3,(H,19,20)/b7-6+. The van der Waals surface area contributed by atoms with Crippen LogP contribution in [-0.2, 0) is 4.79 Å². The van der Waals surface area contributed by atoms with Crippen LogP contribution < -0.4 is 10.2 Å². The van der Waals surface area contributed by atoms with E-state index in [-0.39, 0.29) is 11.1 Å². The normalized spacial score (nSPS) is 10.8. The number of ether oxygens (including phenoxy) is 1. The molecule has 1 aromatic carbocycles. The second kappa shape index (κ2) is 6.04. The van der Waals surface area contributed by atoms with Crippen molar-refractivity contribution in [1.29, 1.82) is 0 Å². The Labute approximate surface area is 120 Å². The highest BCUT2D eigenvalue weighted by atomic mass is 16.5. The third-order valence-electron chi connectivity index (χ3n) is 2.82. The van der Waals surface area contributed by atoms with Gasteiger partial charge >= 0.3 is 5.97 Å². The number of aliphatic carboxylic acids is 1. The molecular weight excluding hydrogens is 272 g/mol. The fourth-order valence-corrected chi connectivity index (χ4v) is 1.83. The summed E-state index contributed by atoms with van der Waals surface area (Å²) >= 11 is 0. The van der Waals surface area contributed by atoms with Crippen molar-refractivity contribution in [3.63, 3.8) is 0 Å². The molecule has 0 saturated heterocycles. The van der Waals surface area contributed by atoms with Crippen molar-refractivity contribution >= 4 is 12.0 Å². The van der Waals surface area contributed by atoms with Gasteiger partial charge in [0.25, 0.3) is 0 Å². The minimum absolute atomic E-state index is 0.0609. The SMILES string of the molecule is COc1cccc(-n2nc(/C=C/C(=O)O)c(=O)cc2C)c1. The Morgan fingerprint density at radius 2 is 2.14 bits per heavy atom. The molecule has 0 aliphatic heterocycles. The summed E-state index contributed by atoms with van der Waals surface area (Å²) in [7, 11) is 1.56. The predicted octanol–water partition coefficient (Wildman–Crippen LogP) is 1.65. The van der Waals surface area contributed by atoms with E-state index in [1.54, 1.807) is 36.9 Å². The lowest BCUT2D eigenvalue weighted by Gasteiger charge is -2.11. The molecule has 0 fully saturated rings. The van der Waals surface area contributed by atoms with E-state index in [0.717, 1.165) is 11.8 Å². The number of carboxylic acid groups (broad SMARTS) is 1. The fourth-order valence-electron chi connectivity index (χ4n) is 1.83. The van der Waals surface area contributed by atoms with E-state index in [4.69, 9.17) is 9.84 Å². The first-order chi connectivity index (χ1) is 10.0. The Morgan fingerprint density at radius 3 is 2.81 bits per heavy atom. The van der Waals surface area contributed by atoms with Gasteiger partial charge in [0.1, 0.15) is 11.4 Å². The highest BCUT2D eigenvalue weighted by Crippen LogP contribution is 2.16. The van der Waals surface area contributed by atoms with Crippen LogP contribution in [-0.4, -0.2) is 28.0 Å². The van der Waals surface area contributed by atoms with E-state index in [1.165, 1.54) is 12.1 Å². The molecule has 1 aromatic heterocycles. The second-order valence-corrected chi connectivity index (χ2v) is 4.32. The lowest BCUT2D eigenvalue weighted by Crippen LogP contribution is -2.16. The lowest BCUT2D eigenvalue weighted by molar-refractivity contribution is -0.131. The van der Waals surface area contributed by atoms with Crippen LogP contribution in [0.15, 0.2) is 41.2 Å². The Hall–Kier alpha value is -2.89. The van der Waals surface area contributed by atoms with Crippen molar-refractivity contribution in [3.05, 3.63) is 58.0 Å². The molecule has 0 aliphatic rings. The zero-order chi connectivity index (χ0) is 15.4. The van der Waals surface area contributed by atoms with Crippen LogP contribution in [0.3, 0.4) is 0 Å². The highest BCUT2D eigenvalue weighted by Gasteiger charge is 2.06. The van der Waals surface area contributed by atoms with E-state index in [1.807, 2.05) is 6.07 Å². The number of carboxylic acids is 1. The molecule has 1 heterocycles. The maximum absolute atomic E-state index is 11.8. The molecule has 6 nitrogen and oxygen atoms in total.